The van der Waals surface area contributed by atoms with E-state index in [9.17, 15) is 18.0 Å². The summed E-state index contributed by atoms with van der Waals surface area (Å²) in [5.74, 6) is -1.15. The summed E-state index contributed by atoms with van der Waals surface area (Å²) in [7, 11) is 1.52. The Kier molecular flexibility index (Phi) is 4.31. The number of aryl methyl sites for hydroxylation is 2. The van der Waals surface area contributed by atoms with E-state index in [0.29, 0.717) is 19.0 Å². The van der Waals surface area contributed by atoms with Crippen LogP contribution in [0.25, 0.3) is 0 Å². The first-order valence-electron chi connectivity index (χ1n) is 5.61. The molecule has 1 atom stereocenters. The molecule has 0 aliphatic heterocycles. The number of hydrogen-bond acceptors (Lipinski definition) is 3. The number of ketones is 1. The van der Waals surface area contributed by atoms with Crippen molar-refractivity contribution in [3.63, 3.8) is 0 Å². The molecule has 1 heterocycles. The average Bonchev–Trinajstić information content (AvgIpc) is 2.54. The molecule has 108 valence electrons. The summed E-state index contributed by atoms with van der Waals surface area (Å²) >= 11 is 5.98. The summed E-state index contributed by atoms with van der Waals surface area (Å²) < 4.78 is 39.3. The molecule has 0 saturated heterocycles. The van der Waals surface area contributed by atoms with Crippen LogP contribution in [0.5, 0.6) is 0 Å². The van der Waals surface area contributed by atoms with Crippen LogP contribution in [0, 0.1) is 0 Å². The Bertz CT molecular complexity index is 494. The lowest BCUT2D eigenvalue weighted by Gasteiger charge is -2.25. The van der Waals surface area contributed by atoms with Crippen molar-refractivity contribution in [2.24, 2.45) is 12.8 Å². The minimum atomic E-state index is -4.80. The van der Waals surface area contributed by atoms with E-state index in [1.807, 2.05) is 6.92 Å². The summed E-state index contributed by atoms with van der Waals surface area (Å²) in [4.78, 5) is 11.7. The molecular weight excluding hydrogens is 283 g/mol. The predicted octanol–water partition coefficient (Wildman–Crippen LogP) is 2.03. The summed E-state index contributed by atoms with van der Waals surface area (Å²) in [6.45, 7) is 2.46. The van der Waals surface area contributed by atoms with Crippen molar-refractivity contribution in [3.8, 4) is 0 Å². The van der Waals surface area contributed by atoms with Crippen LogP contribution in [0.15, 0.2) is 0 Å². The first kappa shape index (κ1) is 16.0. The molecule has 2 N–H and O–H groups in total. The number of halogens is 4. The van der Waals surface area contributed by atoms with Gasteiger partial charge in [-0.3, -0.25) is 9.48 Å². The molecular formula is C11H15ClF3N3O. The van der Waals surface area contributed by atoms with Crippen molar-refractivity contribution < 1.29 is 18.0 Å². The van der Waals surface area contributed by atoms with Gasteiger partial charge < -0.3 is 5.73 Å². The fraction of sp³-hybridized carbons (Fsp3) is 0.636. The first-order chi connectivity index (χ1) is 8.52. The van der Waals surface area contributed by atoms with Crippen molar-refractivity contribution in [1.29, 1.82) is 0 Å². The number of carbonyl (C=O) groups excluding carboxylic acids is 1. The van der Waals surface area contributed by atoms with E-state index in [0.717, 1.165) is 0 Å². The zero-order valence-corrected chi connectivity index (χ0v) is 11.6. The molecule has 1 aromatic heterocycles. The van der Waals surface area contributed by atoms with Crippen LogP contribution in [0.3, 0.4) is 0 Å². The lowest BCUT2D eigenvalue weighted by atomic mass is 9.93. The zero-order chi connectivity index (χ0) is 15.0. The summed E-state index contributed by atoms with van der Waals surface area (Å²) in [5, 5.41) is 4.26. The third kappa shape index (κ3) is 2.92. The number of aromatic nitrogens is 2. The molecule has 0 radical (unpaired) electrons. The van der Waals surface area contributed by atoms with Crippen molar-refractivity contribution in [1.82, 2.24) is 9.78 Å². The second kappa shape index (κ2) is 5.13. The maximum atomic E-state index is 12.7. The fourth-order valence-corrected chi connectivity index (χ4v) is 1.87. The minimum Gasteiger partial charge on any atom is -0.312 e. The smallest absolute Gasteiger partial charge is 0.312 e. The van der Waals surface area contributed by atoms with Gasteiger partial charge in [0.1, 0.15) is 0 Å². The van der Waals surface area contributed by atoms with Crippen LogP contribution in [0.4, 0.5) is 13.2 Å². The topological polar surface area (TPSA) is 60.9 Å². The highest BCUT2D eigenvalue weighted by Crippen LogP contribution is 2.31. The van der Waals surface area contributed by atoms with Gasteiger partial charge in [0, 0.05) is 7.05 Å². The van der Waals surface area contributed by atoms with Crippen LogP contribution < -0.4 is 5.73 Å². The molecule has 0 aliphatic carbocycles. The second-order valence-electron chi connectivity index (χ2n) is 4.48. The normalized spacial score (nSPS) is 15.4. The quantitative estimate of drug-likeness (QED) is 0.925. The maximum absolute atomic E-state index is 12.7. The summed E-state index contributed by atoms with van der Waals surface area (Å²) in [6, 6.07) is 0. The van der Waals surface area contributed by atoms with Crippen molar-refractivity contribution in [2.45, 2.75) is 38.4 Å². The van der Waals surface area contributed by atoms with E-state index < -0.39 is 23.9 Å². The van der Waals surface area contributed by atoms with E-state index in [1.54, 1.807) is 0 Å². The number of nitrogens with two attached hydrogens (primary N) is 1. The van der Waals surface area contributed by atoms with Gasteiger partial charge in [-0.25, -0.2) is 0 Å². The van der Waals surface area contributed by atoms with Crippen LogP contribution in [0.2, 0.25) is 5.02 Å². The minimum absolute atomic E-state index is 0.219. The number of alkyl halides is 3. The lowest BCUT2D eigenvalue weighted by molar-refractivity contribution is -0.185. The van der Waals surface area contributed by atoms with Gasteiger partial charge in [0.05, 0.1) is 22.8 Å². The molecule has 8 heteroatoms. The van der Waals surface area contributed by atoms with Gasteiger partial charge in [-0.05, 0) is 13.3 Å². The lowest BCUT2D eigenvalue weighted by Crippen LogP contribution is -2.57. The Hall–Kier alpha value is -1.08. The van der Waals surface area contributed by atoms with Gasteiger partial charge >= 0.3 is 6.18 Å². The van der Waals surface area contributed by atoms with Gasteiger partial charge in [-0.1, -0.05) is 18.5 Å². The van der Waals surface area contributed by atoms with Crippen LogP contribution in [-0.4, -0.2) is 27.3 Å². The van der Waals surface area contributed by atoms with E-state index >= 15 is 0 Å². The molecule has 4 nitrogen and oxygen atoms in total. The Morgan fingerprint density at radius 2 is 2.00 bits per heavy atom. The second-order valence-corrected chi connectivity index (χ2v) is 4.86. The molecule has 0 amide bonds. The Morgan fingerprint density at radius 3 is 2.37 bits per heavy atom. The molecule has 0 bridgehead atoms. The predicted molar refractivity (Wildman–Crippen MR) is 65.0 cm³/mol. The molecule has 1 rings (SSSR count). The van der Waals surface area contributed by atoms with Gasteiger partial charge in [0.2, 0.25) is 0 Å². The summed E-state index contributed by atoms with van der Waals surface area (Å²) in [5.41, 5.74) is 2.96. The summed E-state index contributed by atoms with van der Waals surface area (Å²) in [6.07, 6.45) is -4.78. The Morgan fingerprint density at radius 1 is 1.47 bits per heavy atom. The molecule has 0 aliphatic rings. The molecule has 1 unspecified atom stereocenters. The van der Waals surface area contributed by atoms with Crippen LogP contribution in [-0.2, 0) is 24.7 Å². The highest BCUT2D eigenvalue weighted by atomic mass is 35.5. The Balaban J connectivity index is 3.05. The molecule has 1 aromatic rings. The third-order valence-corrected chi connectivity index (χ3v) is 3.44. The first-order valence-corrected chi connectivity index (χ1v) is 5.99. The standard InChI is InChI=1S/C11H15ClF3N3O/c1-4-6-9(12)7(18(3)17-6)5-8(19)10(2,16)11(13,14)15/h4-5,16H2,1-3H3. The van der Waals surface area contributed by atoms with Gasteiger partial charge in [-0.15, -0.1) is 0 Å². The van der Waals surface area contributed by atoms with Crippen molar-refractivity contribution >= 4 is 17.4 Å². The molecule has 0 fully saturated rings. The number of carbonyl (C=O) groups is 1. The monoisotopic (exact) mass is 297 g/mol. The van der Waals surface area contributed by atoms with E-state index in [4.69, 9.17) is 17.3 Å². The fourth-order valence-electron chi connectivity index (χ4n) is 1.51. The van der Waals surface area contributed by atoms with Gasteiger partial charge in [0.25, 0.3) is 0 Å². The van der Waals surface area contributed by atoms with Crippen LogP contribution in [0.1, 0.15) is 25.2 Å². The molecule has 0 aromatic carbocycles. The number of hydrogen-bond donors (Lipinski definition) is 1. The van der Waals surface area contributed by atoms with E-state index in [2.05, 4.69) is 5.10 Å². The zero-order valence-electron chi connectivity index (χ0n) is 10.8. The number of nitrogens with zero attached hydrogens (tertiary/aromatic N) is 2. The molecule has 0 saturated carbocycles. The van der Waals surface area contributed by atoms with Gasteiger partial charge in [-0.2, -0.15) is 18.3 Å². The third-order valence-electron chi connectivity index (χ3n) is 3.00. The highest BCUT2D eigenvalue weighted by molar-refractivity contribution is 6.32. The van der Waals surface area contributed by atoms with Gasteiger partial charge in [0.15, 0.2) is 11.3 Å². The van der Waals surface area contributed by atoms with Crippen LogP contribution >= 0.6 is 11.6 Å². The number of Topliss-reactive ketones (excluding diaryl/α,β-unsaturated/α-hetero) is 1. The van der Waals surface area contributed by atoms with E-state index in [1.165, 1.54) is 11.7 Å². The highest BCUT2D eigenvalue weighted by Gasteiger charge is 2.53. The number of rotatable bonds is 4. The van der Waals surface area contributed by atoms with Crippen molar-refractivity contribution in [2.75, 3.05) is 0 Å². The SMILES string of the molecule is CCc1nn(C)c(CC(=O)C(C)(N)C(F)(F)F)c1Cl. The van der Waals surface area contributed by atoms with E-state index in [-0.39, 0.29) is 10.7 Å². The average molecular weight is 298 g/mol. The Labute approximate surface area is 113 Å². The molecule has 0 spiro atoms. The van der Waals surface area contributed by atoms with Crippen molar-refractivity contribution in [3.05, 3.63) is 16.4 Å². The molecule has 19 heavy (non-hydrogen) atoms. The maximum Gasteiger partial charge on any atom is 0.413 e. The largest absolute Gasteiger partial charge is 0.413 e.